The van der Waals surface area contributed by atoms with Gasteiger partial charge in [0.15, 0.2) is 0 Å². The summed E-state index contributed by atoms with van der Waals surface area (Å²) >= 11 is 0. The van der Waals surface area contributed by atoms with Crippen molar-refractivity contribution in [1.82, 2.24) is 15.1 Å². The van der Waals surface area contributed by atoms with Crippen molar-refractivity contribution in [3.05, 3.63) is 29.8 Å². The standard InChI is InChI=1S/C25H33N5O4/c1-15(2)11-19(29(6)22(33)20(31)28-24(3,4)5)21(32)30-14-25(12-16(30)13-26)17-9-7-8-10-18(17)27-23(25)34/h7-10,15-16,19H,11-12,14H2,1-6H3,(H,27,34)(H,28,31)/t16-,19-,25-/m0/s1. The number of hydrogen-bond donors (Lipinski definition) is 2. The molecular formula is C25H33N5O4. The topological polar surface area (TPSA) is 123 Å². The first-order valence-corrected chi connectivity index (χ1v) is 11.5. The second-order valence-corrected chi connectivity index (χ2v) is 10.7. The largest absolute Gasteiger partial charge is 0.343 e. The number of likely N-dealkylation sites (N-methyl/N-ethyl adjacent to an activating group) is 1. The van der Waals surface area contributed by atoms with Gasteiger partial charge in [0.25, 0.3) is 0 Å². The first-order chi connectivity index (χ1) is 15.8. The van der Waals surface area contributed by atoms with Crippen molar-refractivity contribution < 1.29 is 19.2 Å². The fraction of sp³-hybridized carbons (Fsp3) is 0.560. The lowest BCUT2D eigenvalue weighted by molar-refractivity contribution is -0.151. The number of nitrogens with zero attached hydrogens (tertiary/aromatic N) is 3. The number of carbonyl (C=O) groups is 4. The Hall–Kier alpha value is -3.41. The molecule has 3 atom stereocenters. The highest BCUT2D eigenvalue weighted by Gasteiger charge is 2.56. The third-order valence-corrected chi connectivity index (χ3v) is 6.37. The number of para-hydroxylation sites is 1. The number of carbonyl (C=O) groups excluding carboxylic acids is 4. The molecule has 2 heterocycles. The van der Waals surface area contributed by atoms with Crippen LogP contribution in [0.15, 0.2) is 24.3 Å². The molecule has 4 amide bonds. The van der Waals surface area contributed by atoms with Crippen LogP contribution in [0.25, 0.3) is 0 Å². The Morgan fingerprint density at radius 1 is 1.29 bits per heavy atom. The highest BCUT2D eigenvalue weighted by molar-refractivity contribution is 6.35. The van der Waals surface area contributed by atoms with Crippen LogP contribution in [0, 0.1) is 17.2 Å². The first kappa shape index (κ1) is 25.2. The van der Waals surface area contributed by atoms with Gasteiger partial charge >= 0.3 is 11.8 Å². The van der Waals surface area contributed by atoms with E-state index >= 15 is 0 Å². The minimum absolute atomic E-state index is 0.0394. The van der Waals surface area contributed by atoms with E-state index in [0.29, 0.717) is 12.1 Å². The average molecular weight is 468 g/mol. The van der Waals surface area contributed by atoms with Crippen molar-refractivity contribution in [3.8, 4) is 6.07 Å². The summed E-state index contributed by atoms with van der Waals surface area (Å²) in [5.74, 6) is -2.24. The van der Waals surface area contributed by atoms with Crippen LogP contribution >= 0.6 is 0 Å². The average Bonchev–Trinajstić information content (AvgIpc) is 3.28. The lowest BCUT2D eigenvalue weighted by Crippen LogP contribution is -2.56. The van der Waals surface area contributed by atoms with E-state index in [1.807, 2.05) is 32.0 Å². The second-order valence-electron chi connectivity index (χ2n) is 10.7. The van der Waals surface area contributed by atoms with Crippen LogP contribution in [-0.4, -0.2) is 64.6 Å². The molecule has 2 aliphatic rings. The van der Waals surface area contributed by atoms with Crippen LogP contribution in [0.4, 0.5) is 5.69 Å². The summed E-state index contributed by atoms with van der Waals surface area (Å²) in [6.45, 7) is 9.17. The molecule has 0 saturated carbocycles. The van der Waals surface area contributed by atoms with Crippen molar-refractivity contribution in [2.45, 2.75) is 70.5 Å². The number of nitrogens with one attached hydrogen (secondary N) is 2. The van der Waals surface area contributed by atoms with Crippen LogP contribution in [0.3, 0.4) is 0 Å². The number of benzene rings is 1. The number of hydrogen-bond acceptors (Lipinski definition) is 5. The molecule has 0 radical (unpaired) electrons. The molecule has 1 aromatic rings. The Morgan fingerprint density at radius 2 is 1.94 bits per heavy atom. The number of amides is 4. The Balaban J connectivity index is 1.91. The molecule has 1 aromatic carbocycles. The summed E-state index contributed by atoms with van der Waals surface area (Å²) in [6, 6.07) is 7.69. The minimum Gasteiger partial charge on any atom is -0.343 e. The van der Waals surface area contributed by atoms with Crippen LogP contribution in [-0.2, 0) is 24.6 Å². The summed E-state index contributed by atoms with van der Waals surface area (Å²) in [7, 11) is 1.43. The van der Waals surface area contributed by atoms with Crippen LogP contribution in [0.2, 0.25) is 0 Å². The second kappa shape index (κ2) is 9.09. The molecule has 2 aliphatic heterocycles. The maximum Gasteiger partial charge on any atom is 0.312 e. The Kier molecular flexibility index (Phi) is 6.74. The monoisotopic (exact) mass is 467 g/mol. The summed E-state index contributed by atoms with van der Waals surface area (Å²) in [6.07, 6.45) is 0.489. The van der Waals surface area contributed by atoms with Crippen LogP contribution < -0.4 is 10.6 Å². The van der Waals surface area contributed by atoms with Gasteiger partial charge in [-0.1, -0.05) is 32.0 Å². The van der Waals surface area contributed by atoms with Crippen LogP contribution in [0.5, 0.6) is 0 Å². The van der Waals surface area contributed by atoms with Gasteiger partial charge in [-0.25, -0.2) is 0 Å². The van der Waals surface area contributed by atoms with Crippen molar-refractivity contribution in [2.75, 3.05) is 18.9 Å². The molecule has 0 unspecified atom stereocenters. The third kappa shape index (κ3) is 4.63. The van der Waals surface area contributed by atoms with E-state index in [4.69, 9.17) is 0 Å². The first-order valence-electron chi connectivity index (χ1n) is 11.5. The molecule has 0 aliphatic carbocycles. The predicted molar refractivity (Wildman–Crippen MR) is 126 cm³/mol. The highest BCUT2D eigenvalue weighted by Crippen LogP contribution is 2.46. The van der Waals surface area contributed by atoms with E-state index in [-0.39, 0.29) is 24.8 Å². The molecule has 0 aromatic heterocycles. The number of anilines is 1. The maximum absolute atomic E-state index is 13.8. The quantitative estimate of drug-likeness (QED) is 0.654. The summed E-state index contributed by atoms with van der Waals surface area (Å²) in [5.41, 5.74) is -0.170. The Morgan fingerprint density at radius 3 is 2.53 bits per heavy atom. The number of likely N-dealkylation sites (tertiary alicyclic amines) is 1. The van der Waals surface area contributed by atoms with Gasteiger partial charge in [0.2, 0.25) is 11.8 Å². The molecule has 1 fully saturated rings. The number of rotatable bonds is 4. The van der Waals surface area contributed by atoms with Gasteiger partial charge in [-0.05, 0) is 44.7 Å². The van der Waals surface area contributed by atoms with E-state index in [2.05, 4.69) is 16.7 Å². The lowest BCUT2D eigenvalue weighted by atomic mass is 9.80. The molecule has 1 saturated heterocycles. The van der Waals surface area contributed by atoms with Gasteiger partial charge in [0, 0.05) is 31.2 Å². The molecule has 2 N–H and O–H groups in total. The number of nitriles is 1. The normalized spacial score (nSPS) is 22.2. The molecule has 0 bridgehead atoms. The molecule has 1 spiro atoms. The van der Waals surface area contributed by atoms with E-state index in [1.165, 1.54) is 11.9 Å². The SMILES string of the molecule is CC(C)C[C@@H](C(=O)N1C[C@]2(C[C@H]1C#N)C(=O)Nc1ccccc12)N(C)C(=O)C(=O)NC(C)(C)C. The van der Waals surface area contributed by atoms with E-state index in [0.717, 1.165) is 10.5 Å². The van der Waals surface area contributed by atoms with Gasteiger partial charge in [-0.15, -0.1) is 0 Å². The molecular weight excluding hydrogens is 434 g/mol. The van der Waals surface area contributed by atoms with Crippen LogP contribution in [0.1, 0.15) is 53.0 Å². The maximum atomic E-state index is 13.8. The zero-order valence-corrected chi connectivity index (χ0v) is 20.6. The van der Waals surface area contributed by atoms with Gasteiger partial charge < -0.3 is 20.4 Å². The molecule has 9 heteroatoms. The highest BCUT2D eigenvalue weighted by atomic mass is 16.2. The van der Waals surface area contributed by atoms with Crippen molar-refractivity contribution >= 4 is 29.3 Å². The fourth-order valence-corrected chi connectivity index (χ4v) is 4.74. The van der Waals surface area contributed by atoms with E-state index in [1.54, 1.807) is 26.8 Å². The van der Waals surface area contributed by atoms with Gasteiger partial charge in [-0.2, -0.15) is 5.26 Å². The third-order valence-electron chi connectivity index (χ3n) is 6.37. The zero-order chi connectivity index (χ0) is 25.4. The smallest absolute Gasteiger partial charge is 0.312 e. The van der Waals surface area contributed by atoms with E-state index in [9.17, 15) is 24.4 Å². The molecule has 3 rings (SSSR count). The Bertz CT molecular complexity index is 1050. The summed E-state index contributed by atoms with van der Waals surface area (Å²) in [4.78, 5) is 54.8. The Labute approximate surface area is 200 Å². The fourth-order valence-electron chi connectivity index (χ4n) is 4.74. The van der Waals surface area contributed by atoms with Gasteiger partial charge in [0.05, 0.1) is 11.5 Å². The summed E-state index contributed by atoms with van der Waals surface area (Å²) < 4.78 is 0. The lowest BCUT2D eigenvalue weighted by Gasteiger charge is -2.33. The molecule has 9 nitrogen and oxygen atoms in total. The van der Waals surface area contributed by atoms with Gasteiger partial charge in [-0.3, -0.25) is 19.2 Å². The van der Waals surface area contributed by atoms with Gasteiger partial charge in [0.1, 0.15) is 12.1 Å². The van der Waals surface area contributed by atoms with Crippen molar-refractivity contribution in [2.24, 2.45) is 5.92 Å². The predicted octanol–water partition coefficient (Wildman–Crippen LogP) is 1.79. The molecule has 34 heavy (non-hydrogen) atoms. The number of fused-ring (bicyclic) bond motifs is 2. The van der Waals surface area contributed by atoms with E-state index < -0.39 is 40.8 Å². The van der Waals surface area contributed by atoms with Crippen molar-refractivity contribution in [1.29, 1.82) is 5.26 Å². The zero-order valence-electron chi connectivity index (χ0n) is 20.6. The molecule has 182 valence electrons. The van der Waals surface area contributed by atoms with Crippen molar-refractivity contribution in [3.63, 3.8) is 0 Å². The summed E-state index contributed by atoms with van der Waals surface area (Å²) in [5, 5.41) is 15.4. The minimum atomic E-state index is -1.01.